The highest BCUT2D eigenvalue weighted by Crippen LogP contribution is 2.24. The molecule has 7 nitrogen and oxygen atoms in total. The number of amides is 1. The molecule has 1 atom stereocenters. The summed E-state index contributed by atoms with van der Waals surface area (Å²) < 4.78 is 31.3. The van der Waals surface area contributed by atoms with Gasteiger partial charge in [0.15, 0.2) is 6.10 Å². The van der Waals surface area contributed by atoms with Crippen LogP contribution in [0, 0.1) is 0 Å². The van der Waals surface area contributed by atoms with Gasteiger partial charge in [0.2, 0.25) is 10.0 Å². The van der Waals surface area contributed by atoms with E-state index < -0.39 is 28.0 Å². The number of nitrogens with one attached hydrogen (secondary N) is 1. The third-order valence-electron chi connectivity index (χ3n) is 3.57. The first-order valence-electron chi connectivity index (χ1n) is 7.78. The lowest BCUT2D eigenvalue weighted by molar-refractivity contribution is -0.128. The zero-order chi connectivity index (χ0) is 19.4. The van der Waals surface area contributed by atoms with Crippen molar-refractivity contribution < 1.29 is 22.7 Å². The summed E-state index contributed by atoms with van der Waals surface area (Å²) in [4.78, 5) is 23.9. The third-order valence-corrected chi connectivity index (χ3v) is 5.93. The summed E-state index contributed by atoms with van der Waals surface area (Å²) in [6.07, 6.45) is -1.03. The van der Waals surface area contributed by atoms with Crippen LogP contribution in [-0.4, -0.2) is 50.3 Å². The van der Waals surface area contributed by atoms with Gasteiger partial charge in [-0.2, -0.15) is 4.31 Å². The van der Waals surface area contributed by atoms with Gasteiger partial charge in [0.1, 0.15) is 0 Å². The zero-order valence-electron chi connectivity index (χ0n) is 14.9. The minimum Gasteiger partial charge on any atom is -0.449 e. The monoisotopic (exact) mass is 390 g/mol. The van der Waals surface area contributed by atoms with Crippen LogP contribution in [0.3, 0.4) is 0 Å². The Kier molecular flexibility index (Phi) is 7.40. The summed E-state index contributed by atoms with van der Waals surface area (Å²) in [5.41, 5.74) is -0.115. The quantitative estimate of drug-likeness (QED) is 0.719. The largest absolute Gasteiger partial charge is 0.449 e. The van der Waals surface area contributed by atoms with E-state index in [9.17, 15) is 18.0 Å². The third kappa shape index (κ3) is 5.17. The lowest BCUT2D eigenvalue weighted by atomic mass is 10.2. The highest BCUT2D eigenvalue weighted by molar-refractivity contribution is 7.89. The Morgan fingerprint density at radius 3 is 2.40 bits per heavy atom. The first kappa shape index (κ1) is 21.4. The van der Waals surface area contributed by atoms with Gasteiger partial charge in [-0.25, -0.2) is 13.2 Å². The van der Waals surface area contributed by atoms with Crippen molar-refractivity contribution in [2.45, 2.75) is 44.7 Å². The second-order valence-corrected chi connectivity index (χ2v) is 8.10. The normalized spacial score (nSPS) is 13.0. The van der Waals surface area contributed by atoms with E-state index in [1.54, 1.807) is 20.8 Å². The number of rotatable bonds is 7. The second-order valence-electron chi connectivity index (χ2n) is 5.70. The predicted molar refractivity (Wildman–Crippen MR) is 95.1 cm³/mol. The minimum atomic E-state index is -3.78. The van der Waals surface area contributed by atoms with Gasteiger partial charge in [-0.05, 0) is 45.9 Å². The molecule has 0 aliphatic rings. The molecule has 1 aromatic carbocycles. The van der Waals surface area contributed by atoms with Crippen LogP contribution in [0.5, 0.6) is 0 Å². The van der Waals surface area contributed by atoms with E-state index in [-0.39, 0.29) is 21.5 Å². The van der Waals surface area contributed by atoms with Gasteiger partial charge in [-0.3, -0.25) is 4.79 Å². The van der Waals surface area contributed by atoms with Crippen LogP contribution in [0.1, 0.15) is 38.1 Å². The number of carbonyl (C=O) groups excluding carboxylic acids is 2. The Morgan fingerprint density at radius 1 is 1.28 bits per heavy atom. The van der Waals surface area contributed by atoms with E-state index in [0.717, 1.165) is 6.07 Å². The van der Waals surface area contributed by atoms with Crippen LogP contribution < -0.4 is 5.32 Å². The van der Waals surface area contributed by atoms with Gasteiger partial charge in [0.25, 0.3) is 5.91 Å². The molecule has 0 fully saturated rings. The maximum atomic E-state index is 12.5. The standard InChI is InChI=1S/C16H23ClN2O5S/c1-6-18-15(20)11(4)24-16(21)13-9-12(7-8-14(13)17)25(22,23)19(5)10(2)3/h7-11H,6H2,1-5H3,(H,18,20)/t11-/m0/s1. The molecule has 0 saturated heterocycles. The number of halogens is 1. The van der Waals surface area contributed by atoms with Crippen LogP contribution in [-0.2, 0) is 19.6 Å². The van der Waals surface area contributed by atoms with Crippen molar-refractivity contribution in [2.24, 2.45) is 0 Å². The first-order valence-corrected chi connectivity index (χ1v) is 9.60. The fourth-order valence-electron chi connectivity index (χ4n) is 1.86. The Labute approximate surface area is 153 Å². The molecule has 1 rings (SSSR count). The minimum absolute atomic E-state index is 0.0410. The summed E-state index contributed by atoms with van der Waals surface area (Å²) in [6, 6.07) is 3.54. The number of carbonyl (C=O) groups is 2. The molecule has 1 aromatic rings. The van der Waals surface area contributed by atoms with Gasteiger partial charge in [-0.1, -0.05) is 11.6 Å². The highest BCUT2D eigenvalue weighted by atomic mass is 35.5. The maximum absolute atomic E-state index is 12.5. The van der Waals surface area contributed by atoms with Crippen LogP contribution in [0.25, 0.3) is 0 Å². The Bertz CT molecular complexity index is 749. The van der Waals surface area contributed by atoms with Gasteiger partial charge in [0, 0.05) is 19.6 Å². The van der Waals surface area contributed by atoms with Crippen molar-refractivity contribution in [2.75, 3.05) is 13.6 Å². The number of likely N-dealkylation sites (N-methyl/N-ethyl adjacent to an activating group) is 1. The smallest absolute Gasteiger partial charge is 0.340 e. The average Bonchev–Trinajstić information content (AvgIpc) is 2.54. The van der Waals surface area contributed by atoms with E-state index in [0.29, 0.717) is 6.54 Å². The number of hydrogen-bond acceptors (Lipinski definition) is 5. The molecule has 0 bridgehead atoms. The van der Waals surface area contributed by atoms with Crippen molar-refractivity contribution in [1.29, 1.82) is 0 Å². The molecular formula is C16H23ClN2O5S. The number of sulfonamides is 1. The lowest BCUT2D eigenvalue weighted by Gasteiger charge is -2.21. The molecule has 0 heterocycles. The van der Waals surface area contributed by atoms with Gasteiger partial charge < -0.3 is 10.1 Å². The number of benzene rings is 1. The fourth-order valence-corrected chi connectivity index (χ4v) is 3.45. The molecule has 0 aliphatic carbocycles. The predicted octanol–water partition coefficient (Wildman–Crippen LogP) is 2.05. The molecule has 1 amide bonds. The molecule has 140 valence electrons. The van der Waals surface area contributed by atoms with E-state index >= 15 is 0 Å². The summed E-state index contributed by atoms with van der Waals surface area (Å²) in [7, 11) is -2.33. The van der Waals surface area contributed by atoms with Crippen molar-refractivity contribution in [3.05, 3.63) is 28.8 Å². The van der Waals surface area contributed by atoms with Gasteiger partial charge >= 0.3 is 5.97 Å². The molecule has 0 aliphatic heterocycles. The molecule has 0 unspecified atom stereocenters. The Morgan fingerprint density at radius 2 is 1.88 bits per heavy atom. The molecule has 0 spiro atoms. The van der Waals surface area contributed by atoms with Gasteiger partial charge in [-0.15, -0.1) is 0 Å². The zero-order valence-corrected chi connectivity index (χ0v) is 16.4. The molecule has 25 heavy (non-hydrogen) atoms. The summed E-state index contributed by atoms with van der Waals surface area (Å²) in [5, 5.41) is 2.57. The fraction of sp³-hybridized carbons (Fsp3) is 0.500. The van der Waals surface area contributed by atoms with Crippen molar-refractivity contribution in [1.82, 2.24) is 9.62 Å². The van der Waals surface area contributed by atoms with Crippen LogP contribution in [0.15, 0.2) is 23.1 Å². The maximum Gasteiger partial charge on any atom is 0.340 e. The molecule has 1 N–H and O–H groups in total. The number of esters is 1. The van der Waals surface area contributed by atoms with E-state index in [1.165, 1.54) is 30.4 Å². The van der Waals surface area contributed by atoms with E-state index in [1.807, 2.05) is 0 Å². The van der Waals surface area contributed by atoms with Crippen LogP contribution >= 0.6 is 11.6 Å². The van der Waals surface area contributed by atoms with Crippen molar-refractivity contribution in [3.63, 3.8) is 0 Å². The average molecular weight is 391 g/mol. The summed E-state index contributed by atoms with van der Waals surface area (Å²) in [5.74, 6) is -1.32. The van der Waals surface area contributed by atoms with E-state index in [2.05, 4.69) is 5.32 Å². The second kappa shape index (κ2) is 8.64. The molecule has 0 radical (unpaired) electrons. The topological polar surface area (TPSA) is 92.8 Å². The number of ether oxygens (including phenoxy) is 1. The lowest BCUT2D eigenvalue weighted by Crippen LogP contribution is -2.35. The van der Waals surface area contributed by atoms with Crippen molar-refractivity contribution >= 4 is 33.5 Å². The molecular weight excluding hydrogens is 368 g/mol. The molecule has 9 heteroatoms. The first-order chi connectivity index (χ1) is 11.5. The van der Waals surface area contributed by atoms with Crippen molar-refractivity contribution in [3.8, 4) is 0 Å². The number of hydrogen-bond donors (Lipinski definition) is 1. The van der Waals surface area contributed by atoms with Gasteiger partial charge in [0.05, 0.1) is 15.5 Å². The summed E-state index contributed by atoms with van der Waals surface area (Å²) >= 11 is 6.00. The van der Waals surface area contributed by atoms with E-state index in [4.69, 9.17) is 16.3 Å². The molecule has 0 aromatic heterocycles. The van der Waals surface area contributed by atoms with Crippen LogP contribution in [0.2, 0.25) is 5.02 Å². The Hall–Kier alpha value is -1.64. The Balaban J connectivity index is 3.14. The van der Waals surface area contributed by atoms with Crippen LogP contribution in [0.4, 0.5) is 0 Å². The highest BCUT2D eigenvalue weighted by Gasteiger charge is 2.26. The SMILES string of the molecule is CCNC(=O)[C@H](C)OC(=O)c1cc(S(=O)(=O)N(C)C(C)C)ccc1Cl. The molecule has 0 saturated carbocycles. The summed E-state index contributed by atoms with van der Waals surface area (Å²) in [6.45, 7) is 7.02. The number of nitrogens with zero attached hydrogens (tertiary/aromatic N) is 1.